The zero-order valence-electron chi connectivity index (χ0n) is 8.56. The van der Waals surface area contributed by atoms with E-state index < -0.39 is 0 Å². The maximum atomic E-state index is 5.87. The summed E-state index contributed by atoms with van der Waals surface area (Å²) in [7, 11) is 0. The van der Waals surface area contributed by atoms with Gasteiger partial charge in [0.25, 0.3) is 0 Å². The van der Waals surface area contributed by atoms with Crippen molar-refractivity contribution in [3.8, 4) is 0 Å². The molecular weight excluding hydrogens is 208 g/mol. The minimum Gasteiger partial charge on any atom is -0.375 e. The predicted molar refractivity (Wildman–Crippen MR) is 60.4 cm³/mol. The lowest BCUT2D eigenvalue weighted by Crippen LogP contribution is -2.37. The zero-order valence-corrected chi connectivity index (χ0v) is 9.37. The number of hydrazine groups is 1. The highest BCUT2D eigenvalue weighted by Gasteiger charge is 2.44. The fraction of sp³-hybridized carbons (Fsp3) is 0.636. The molecule has 3 N–H and O–H groups in total. The van der Waals surface area contributed by atoms with Crippen LogP contribution in [0.2, 0.25) is 0 Å². The van der Waals surface area contributed by atoms with E-state index in [9.17, 15) is 0 Å². The quantitative estimate of drug-likeness (QED) is 0.608. The molecule has 1 aromatic rings. The molecule has 2 aliphatic heterocycles. The molecule has 2 bridgehead atoms. The summed E-state index contributed by atoms with van der Waals surface area (Å²) in [5, 5.41) is 4.28. The molecule has 4 unspecified atom stereocenters. The Morgan fingerprint density at radius 1 is 1.53 bits per heavy atom. The second kappa shape index (κ2) is 3.87. The Bertz CT molecular complexity index is 327. The number of fused-ring (bicyclic) bond motifs is 2. The fourth-order valence-electron chi connectivity index (χ4n) is 2.95. The van der Waals surface area contributed by atoms with Crippen LogP contribution in [0.15, 0.2) is 16.8 Å². The van der Waals surface area contributed by atoms with Crippen molar-refractivity contribution in [1.82, 2.24) is 5.43 Å². The van der Waals surface area contributed by atoms with Crippen molar-refractivity contribution >= 4 is 11.3 Å². The van der Waals surface area contributed by atoms with E-state index in [0.29, 0.717) is 18.1 Å². The highest BCUT2D eigenvalue weighted by molar-refractivity contribution is 7.07. The second-order valence-electron chi connectivity index (χ2n) is 4.47. The van der Waals surface area contributed by atoms with E-state index in [-0.39, 0.29) is 6.04 Å². The number of hydrogen-bond acceptors (Lipinski definition) is 4. The molecule has 0 spiro atoms. The Morgan fingerprint density at radius 3 is 3.00 bits per heavy atom. The third kappa shape index (κ3) is 1.61. The van der Waals surface area contributed by atoms with Crippen LogP contribution in [0.25, 0.3) is 0 Å². The first-order valence-corrected chi connectivity index (χ1v) is 6.46. The molecule has 3 nitrogen and oxygen atoms in total. The number of ether oxygens (including phenoxy) is 1. The van der Waals surface area contributed by atoms with Gasteiger partial charge in [-0.25, -0.2) is 0 Å². The molecule has 2 saturated heterocycles. The second-order valence-corrected chi connectivity index (χ2v) is 5.25. The highest BCUT2D eigenvalue weighted by Crippen LogP contribution is 2.44. The molecule has 82 valence electrons. The number of nitrogens with one attached hydrogen (secondary N) is 1. The Kier molecular flexibility index (Phi) is 2.52. The van der Waals surface area contributed by atoms with E-state index >= 15 is 0 Å². The summed E-state index contributed by atoms with van der Waals surface area (Å²) >= 11 is 1.73. The maximum absolute atomic E-state index is 5.87. The summed E-state index contributed by atoms with van der Waals surface area (Å²) in [4.78, 5) is 0. The lowest BCUT2D eigenvalue weighted by Gasteiger charge is -2.27. The van der Waals surface area contributed by atoms with Gasteiger partial charge < -0.3 is 4.74 Å². The number of nitrogens with two attached hydrogens (primary N) is 1. The lowest BCUT2D eigenvalue weighted by molar-refractivity contribution is 0.0857. The van der Waals surface area contributed by atoms with Gasteiger partial charge in [0.15, 0.2) is 0 Å². The fourth-order valence-corrected chi connectivity index (χ4v) is 3.64. The van der Waals surface area contributed by atoms with Crippen LogP contribution in [0.4, 0.5) is 0 Å². The molecule has 0 saturated carbocycles. The summed E-state index contributed by atoms with van der Waals surface area (Å²) in [5.41, 5.74) is 4.27. The van der Waals surface area contributed by atoms with Gasteiger partial charge in [-0.3, -0.25) is 11.3 Å². The van der Waals surface area contributed by atoms with Crippen LogP contribution in [0.3, 0.4) is 0 Å². The van der Waals surface area contributed by atoms with Crippen LogP contribution >= 0.6 is 11.3 Å². The Balaban J connectivity index is 1.80. The van der Waals surface area contributed by atoms with Crippen molar-refractivity contribution in [2.45, 2.75) is 37.5 Å². The van der Waals surface area contributed by atoms with Gasteiger partial charge in [-0.1, -0.05) is 0 Å². The third-order valence-corrected chi connectivity index (χ3v) is 4.36. The Morgan fingerprint density at radius 2 is 2.47 bits per heavy atom. The Hall–Kier alpha value is -0.420. The van der Waals surface area contributed by atoms with Gasteiger partial charge in [-0.05, 0) is 41.7 Å². The molecule has 0 aliphatic carbocycles. The molecule has 0 radical (unpaired) electrons. The molecule has 2 aliphatic rings. The van der Waals surface area contributed by atoms with Crippen molar-refractivity contribution in [3.63, 3.8) is 0 Å². The Labute approximate surface area is 93.6 Å². The first kappa shape index (κ1) is 9.78. The first-order valence-electron chi connectivity index (χ1n) is 5.52. The van der Waals surface area contributed by atoms with Crippen molar-refractivity contribution in [3.05, 3.63) is 22.4 Å². The molecule has 3 rings (SSSR count). The van der Waals surface area contributed by atoms with Gasteiger partial charge in [0.1, 0.15) is 0 Å². The lowest BCUT2D eigenvalue weighted by atomic mass is 9.82. The maximum Gasteiger partial charge on any atom is 0.0627 e. The van der Waals surface area contributed by atoms with Gasteiger partial charge >= 0.3 is 0 Å². The van der Waals surface area contributed by atoms with E-state index in [0.717, 1.165) is 6.42 Å². The SMILES string of the molecule is NNC(c1ccsc1)C1CC2CCC1O2. The molecule has 0 aromatic carbocycles. The standard InChI is InChI=1S/C11H16N2OS/c12-13-11(7-3-4-15-6-7)9-5-8-1-2-10(9)14-8/h3-4,6,8-11,13H,1-2,5,12H2. The summed E-state index contributed by atoms with van der Waals surface area (Å²) in [6.45, 7) is 0. The van der Waals surface area contributed by atoms with Crippen molar-refractivity contribution in [2.24, 2.45) is 11.8 Å². The van der Waals surface area contributed by atoms with Crippen molar-refractivity contribution in [1.29, 1.82) is 0 Å². The zero-order chi connectivity index (χ0) is 10.3. The summed E-state index contributed by atoms with van der Waals surface area (Å²) in [6.07, 6.45) is 4.53. The van der Waals surface area contributed by atoms with Crippen LogP contribution in [-0.2, 0) is 4.74 Å². The molecule has 4 atom stereocenters. The summed E-state index contributed by atoms with van der Waals surface area (Å²) in [5.74, 6) is 6.23. The topological polar surface area (TPSA) is 47.3 Å². The van der Waals surface area contributed by atoms with Crippen LogP contribution < -0.4 is 11.3 Å². The smallest absolute Gasteiger partial charge is 0.0627 e. The molecular formula is C11H16N2OS. The molecule has 4 heteroatoms. The highest BCUT2D eigenvalue weighted by atomic mass is 32.1. The van der Waals surface area contributed by atoms with Gasteiger partial charge in [-0.2, -0.15) is 11.3 Å². The van der Waals surface area contributed by atoms with Crippen LogP contribution in [-0.4, -0.2) is 12.2 Å². The van der Waals surface area contributed by atoms with Crippen LogP contribution in [0.5, 0.6) is 0 Å². The normalized spacial score (nSPS) is 35.9. The van der Waals surface area contributed by atoms with Crippen molar-refractivity contribution < 1.29 is 4.74 Å². The minimum absolute atomic E-state index is 0.270. The van der Waals surface area contributed by atoms with Gasteiger partial charge in [-0.15, -0.1) is 0 Å². The summed E-state index contributed by atoms with van der Waals surface area (Å²) < 4.78 is 5.87. The number of hydrogen-bond donors (Lipinski definition) is 2. The van der Waals surface area contributed by atoms with Gasteiger partial charge in [0.2, 0.25) is 0 Å². The number of thiophene rings is 1. The third-order valence-electron chi connectivity index (χ3n) is 3.66. The molecule has 2 fully saturated rings. The summed E-state index contributed by atoms with van der Waals surface area (Å²) in [6, 6.07) is 2.42. The predicted octanol–water partition coefficient (Wildman–Crippen LogP) is 1.82. The monoisotopic (exact) mass is 224 g/mol. The number of rotatable bonds is 3. The van der Waals surface area contributed by atoms with Crippen LogP contribution in [0, 0.1) is 5.92 Å². The molecule has 1 aromatic heterocycles. The molecule has 3 heterocycles. The van der Waals surface area contributed by atoms with E-state index in [4.69, 9.17) is 10.6 Å². The first-order chi connectivity index (χ1) is 7.38. The van der Waals surface area contributed by atoms with Crippen LogP contribution in [0.1, 0.15) is 30.9 Å². The average molecular weight is 224 g/mol. The van der Waals surface area contributed by atoms with E-state index in [1.54, 1.807) is 11.3 Å². The average Bonchev–Trinajstić information content (AvgIpc) is 2.94. The van der Waals surface area contributed by atoms with E-state index in [1.165, 1.54) is 18.4 Å². The van der Waals surface area contributed by atoms with Gasteiger partial charge in [0, 0.05) is 5.92 Å². The largest absolute Gasteiger partial charge is 0.375 e. The molecule has 15 heavy (non-hydrogen) atoms. The van der Waals surface area contributed by atoms with E-state index in [1.807, 2.05) is 0 Å². The molecule has 0 amide bonds. The van der Waals surface area contributed by atoms with Gasteiger partial charge in [0.05, 0.1) is 18.2 Å². The van der Waals surface area contributed by atoms with Crippen molar-refractivity contribution in [2.75, 3.05) is 0 Å². The van der Waals surface area contributed by atoms with E-state index in [2.05, 4.69) is 22.3 Å². The minimum atomic E-state index is 0.270.